The van der Waals surface area contributed by atoms with Gasteiger partial charge in [-0.25, -0.2) is 0 Å². The SMILES string of the molecule is COc1ccccc1-c1cc(CNC(=O)c2cn[nH]c2)on1. The predicted molar refractivity (Wildman–Crippen MR) is 78.2 cm³/mol. The number of nitrogens with one attached hydrogen (secondary N) is 2. The minimum absolute atomic E-state index is 0.232. The van der Waals surface area contributed by atoms with Gasteiger partial charge in [0.1, 0.15) is 11.4 Å². The van der Waals surface area contributed by atoms with Crippen molar-refractivity contribution in [1.29, 1.82) is 0 Å². The molecule has 7 nitrogen and oxygen atoms in total. The lowest BCUT2D eigenvalue weighted by molar-refractivity contribution is 0.0947. The Bertz CT molecular complexity index is 765. The first-order valence-electron chi connectivity index (χ1n) is 6.64. The molecule has 0 unspecified atom stereocenters. The van der Waals surface area contributed by atoms with Crippen LogP contribution in [0.3, 0.4) is 0 Å². The molecule has 0 atom stereocenters. The number of nitrogens with zero attached hydrogens (tertiary/aromatic N) is 2. The molecular weight excluding hydrogens is 284 g/mol. The Kier molecular flexibility index (Phi) is 3.86. The van der Waals surface area contributed by atoms with E-state index in [1.807, 2.05) is 24.3 Å². The molecular formula is C15H14N4O3. The fourth-order valence-electron chi connectivity index (χ4n) is 2.02. The van der Waals surface area contributed by atoms with Crippen LogP contribution in [0.15, 0.2) is 47.2 Å². The highest BCUT2D eigenvalue weighted by Crippen LogP contribution is 2.28. The summed E-state index contributed by atoms with van der Waals surface area (Å²) in [4.78, 5) is 11.8. The van der Waals surface area contributed by atoms with E-state index >= 15 is 0 Å². The van der Waals surface area contributed by atoms with E-state index in [2.05, 4.69) is 20.7 Å². The largest absolute Gasteiger partial charge is 0.496 e. The van der Waals surface area contributed by atoms with Gasteiger partial charge in [0.2, 0.25) is 0 Å². The van der Waals surface area contributed by atoms with E-state index in [0.717, 1.165) is 5.56 Å². The van der Waals surface area contributed by atoms with Crippen LogP contribution >= 0.6 is 0 Å². The third kappa shape index (κ3) is 2.83. The second kappa shape index (κ2) is 6.13. The molecule has 0 aliphatic carbocycles. The number of para-hydroxylation sites is 1. The van der Waals surface area contributed by atoms with Gasteiger partial charge in [-0.3, -0.25) is 9.89 Å². The minimum atomic E-state index is -0.232. The van der Waals surface area contributed by atoms with Gasteiger partial charge in [-0.15, -0.1) is 0 Å². The summed E-state index contributed by atoms with van der Waals surface area (Å²) >= 11 is 0. The van der Waals surface area contributed by atoms with E-state index in [4.69, 9.17) is 9.26 Å². The fourth-order valence-corrected chi connectivity index (χ4v) is 2.02. The predicted octanol–water partition coefficient (Wildman–Crippen LogP) is 2.00. The van der Waals surface area contributed by atoms with E-state index < -0.39 is 0 Å². The molecule has 2 heterocycles. The number of rotatable bonds is 5. The second-order valence-corrected chi connectivity index (χ2v) is 4.55. The zero-order valence-electron chi connectivity index (χ0n) is 11.9. The highest BCUT2D eigenvalue weighted by Gasteiger charge is 2.12. The number of carbonyl (C=O) groups excluding carboxylic acids is 1. The van der Waals surface area contributed by atoms with Crippen LogP contribution < -0.4 is 10.1 Å². The monoisotopic (exact) mass is 298 g/mol. The summed E-state index contributed by atoms with van der Waals surface area (Å²) in [5.74, 6) is 1.03. The van der Waals surface area contributed by atoms with Gasteiger partial charge in [-0.05, 0) is 12.1 Å². The van der Waals surface area contributed by atoms with Crippen molar-refractivity contribution in [3.8, 4) is 17.0 Å². The lowest BCUT2D eigenvalue weighted by atomic mass is 10.1. The second-order valence-electron chi connectivity index (χ2n) is 4.55. The first-order valence-corrected chi connectivity index (χ1v) is 6.64. The third-order valence-electron chi connectivity index (χ3n) is 3.13. The average Bonchev–Trinajstić information content (AvgIpc) is 3.24. The molecule has 0 saturated carbocycles. The Morgan fingerprint density at radius 1 is 1.41 bits per heavy atom. The zero-order chi connectivity index (χ0) is 15.4. The molecule has 7 heteroatoms. The number of hydrogen-bond acceptors (Lipinski definition) is 5. The number of ether oxygens (including phenoxy) is 1. The summed E-state index contributed by atoms with van der Waals surface area (Å²) in [6, 6.07) is 9.30. The van der Waals surface area contributed by atoms with Crippen LogP contribution in [-0.4, -0.2) is 28.4 Å². The lowest BCUT2D eigenvalue weighted by Gasteiger charge is -2.03. The molecule has 3 aromatic rings. The molecule has 0 bridgehead atoms. The highest BCUT2D eigenvalue weighted by atomic mass is 16.5. The molecule has 3 rings (SSSR count). The van der Waals surface area contributed by atoms with Crippen molar-refractivity contribution in [2.75, 3.05) is 7.11 Å². The Labute approximate surface area is 126 Å². The van der Waals surface area contributed by atoms with Gasteiger partial charge in [-0.1, -0.05) is 17.3 Å². The number of amides is 1. The van der Waals surface area contributed by atoms with E-state index in [-0.39, 0.29) is 12.5 Å². The molecule has 2 N–H and O–H groups in total. The number of benzene rings is 1. The van der Waals surface area contributed by atoms with E-state index in [0.29, 0.717) is 22.8 Å². The quantitative estimate of drug-likeness (QED) is 0.751. The Morgan fingerprint density at radius 2 is 2.27 bits per heavy atom. The van der Waals surface area contributed by atoms with Gasteiger partial charge in [0.25, 0.3) is 5.91 Å². The van der Waals surface area contributed by atoms with Crippen molar-refractivity contribution in [1.82, 2.24) is 20.7 Å². The van der Waals surface area contributed by atoms with E-state index in [9.17, 15) is 4.79 Å². The van der Waals surface area contributed by atoms with Gasteiger partial charge < -0.3 is 14.6 Å². The molecule has 1 amide bonds. The highest BCUT2D eigenvalue weighted by molar-refractivity contribution is 5.93. The number of aromatic amines is 1. The van der Waals surface area contributed by atoms with Gasteiger partial charge >= 0.3 is 0 Å². The van der Waals surface area contributed by atoms with Crippen molar-refractivity contribution in [3.05, 3.63) is 54.0 Å². The normalized spacial score (nSPS) is 10.4. The third-order valence-corrected chi connectivity index (χ3v) is 3.13. The number of methoxy groups -OCH3 is 1. The number of carbonyl (C=O) groups is 1. The van der Waals surface area contributed by atoms with E-state index in [1.165, 1.54) is 12.4 Å². The van der Waals surface area contributed by atoms with Gasteiger partial charge in [-0.2, -0.15) is 5.10 Å². The summed E-state index contributed by atoms with van der Waals surface area (Å²) in [6.07, 6.45) is 2.98. The standard InChI is InChI=1S/C15H14N4O3/c1-21-14-5-3-2-4-12(14)13-6-11(22-19-13)9-16-15(20)10-7-17-18-8-10/h2-8H,9H2,1H3,(H,16,20)(H,17,18). The smallest absolute Gasteiger partial charge is 0.254 e. The van der Waals surface area contributed by atoms with Gasteiger partial charge in [0, 0.05) is 17.8 Å². The van der Waals surface area contributed by atoms with Crippen molar-refractivity contribution in [2.24, 2.45) is 0 Å². The molecule has 1 aromatic carbocycles. The van der Waals surface area contributed by atoms with Crippen molar-refractivity contribution in [3.63, 3.8) is 0 Å². The summed E-state index contributed by atoms with van der Waals surface area (Å²) in [5, 5.41) is 13.1. The van der Waals surface area contributed by atoms with Crippen molar-refractivity contribution in [2.45, 2.75) is 6.54 Å². The number of hydrogen-bond donors (Lipinski definition) is 2. The molecule has 0 aliphatic heterocycles. The van der Waals surface area contributed by atoms with Crippen LogP contribution in [0.4, 0.5) is 0 Å². The molecule has 0 fully saturated rings. The first kappa shape index (κ1) is 13.9. The molecule has 0 saturated heterocycles. The van der Waals surface area contributed by atoms with Crippen LogP contribution in [0.1, 0.15) is 16.1 Å². The van der Waals surface area contributed by atoms with Crippen LogP contribution in [0.5, 0.6) is 5.75 Å². The Morgan fingerprint density at radius 3 is 3.05 bits per heavy atom. The topological polar surface area (TPSA) is 93.0 Å². The maximum Gasteiger partial charge on any atom is 0.254 e. The van der Waals surface area contributed by atoms with Gasteiger partial charge in [0.15, 0.2) is 5.76 Å². The first-order chi connectivity index (χ1) is 10.8. The van der Waals surface area contributed by atoms with Crippen LogP contribution in [0.25, 0.3) is 11.3 Å². The Balaban J connectivity index is 1.70. The van der Waals surface area contributed by atoms with Crippen LogP contribution in [0, 0.1) is 0 Å². The van der Waals surface area contributed by atoms with E-state index in [1.54, 1.807) is 13.2 Å². The fraction of sp³-hybridized carbons (Fsp3) is 0.133. The average molecular weight is 298 g/mol. The summed E-state index contributed by atoms with van der Waals surface area (Å²) in [7, 11) is 1.60. The molecule has 112 valence electrons. The molecule has 2 aromatic heterocycles. The summed E-state index contributed by atoms with van der Waals surface area (Å²) < 4.78 is 10.5. The van der Waals surface area contributed by atoms with Gasteiger partial charge in [0.05, 0.1) is 25.4 Å². The zero-order valence-corrected chi connectivity index (χ0v) is 11.9. The number of H-pyrrole nitrogens is 1. The maximum atomic E-state index is 11.8. The number of aromatic nitrogens is 3. The van der Waals surface area contributed by atoms with Crippen LogP contribution in [-0.2, 0) is 6.54 Å². The molecule has 0 aliphatic rings. The summed E-state index contributed by atoms with van der Waals surface area (Å²) in [6.45, 7) is 0.242. The van der Waals surface area contributed by atoms with Crippen LogP contribution in [0.2, 0.25) is 0 Å². The summed E-state index contributed by atoms with van der Waals surface area (Å²) in [5.41, 5.74) is 1.95. The Hall–Kier alpha value is -3.09. The molecule has 22 heavy (non-hydrogen) atoms. The molecule has 0 spiro atoms. The maximum absolute atomic E-state index is 11.8. The van der Waals surface area contributed by atoms with Crippen molar-refractivity contribution >= 4 is 5.91 Å². The van der Waals surface area contributed by atoms with Crippen molar-refractivity contribution < 1.29 is 14.1 Å². The molecule has 0 radical (unpaired) electrons. The minimum Gasteiger partial charge on any atom is -0.496 e. The lowest BCUT2D eigenvalue weighted by Crippen LogP contribution is -2.21.